The number of hydrogen-bond donors (Lipinski definition) is 0. The molecule has 0 rings (SSSR count). The summed E-state index contributed by atoms with van der Waals surface area (Å²) in [5, 5.41) is 0. The first kappa shape index (κ1) is 10.6. The van der Waals surface area contributed by atoms with Crippen LogP contribution in [0.1, 0.15) is 13.8 Å². The molecule has 1 heteroatoms. The molecule has 1 nitrogen and oxygen atoms in total. The lowest BCUT2D eigenvalue weighted by Gasteiger charge is -1.90. The van der Waals surface area contributed by atoms with Crippen molar-refractivity contribution in [3.8, 4) is 0 Å². The number of rotatable bonds is 0. The van der Waals surface area contributed by atoms with Gasteiger partial charge in [0, 0.05) is 0 Å². The monoisotopic (exact) mass is 115 g/mol. The fourth-order valence-corrected chi connectivity index (χ4v) is 0. The first-order chi connectivity index (χ1) is 3.65. The lowest BCUT2D eigenvalue weighted by atomic mass is 10.6. The highest BCUT2D eigenvalue weighted by Gasteiger charge is 1.58. The number of hydrogen-bond acceptors (Lipinski definition) is 1. The smallest absolute Gasteiger partial charge is 0.0140 e. The Labute approximate surface area is 53.0 Å². The highest BCUT2D eigenvalue weighted by atomic mass is 15.0. The van der Waals surface area contributed by atoms with Gasteiger partial charge in [-0.25, -0.2) is 0 Å². The van der Waals surface area contributed by atoms with Crippen molar-refractivity contribution in [2.75, 3.05) is 21.1 Å². The van der Waals surface area contributed by atoms with E-state index in [4.69, 9.17) is 0 Å². The van der Waals surface area contributed by atoms with Gasteiger partial charge < -0.3 is 4.90 Å². The van der Waals surface area contributed by atoms with Gasteiger partial charge in [-0.05, 0) is 35.0 Å². The van der Waals surface area contributed by atoms with E-state index in [2.05, 4.69) is 0 Å². The van der Waals surface area contributed by atoms with Crippen molar-refractivity contribution in [3.05, 3.63) is 12.2 Å². The van der Waals surface area contributed by atoms with Crippen LogP contribution in [0, 0.1) is 0 Å². The summed E-state index contributed by atoms with van der Waals surface area (Å²) >= 11 is 0. The van der Waals surface area contributed by atoms with E-state index in [1.807, 2.05) is 52.0 Å². The molecule has 0 aromatic carbocycles. The van der Waals surface area contributed by atoms with E-state index >= 15 is 0 Å². The van der Waals surface area contributed by atoms with Gasteiger partial charge in [0.2, 0.25) is 0 Å². The van der Waals surface area contributed by atoms with E-state index in [0.29, 0.717) is 0 Å². The molecule has 8 heavy (non-hydrogen) atoms. The van der Waals surface area contributed by atoms with Gasteiger partial charge in [-0.1, -0.05) is 12.2 Å². The third kappa shape index (κ3) is 257. The molecule has 0 unspecified atom stereocenters. The van der Waals surface area contributed by atoms with Crippen LogP contribution in [-0.4, -0.2) is 26.0 Å². The van der Waals surface area contributed by atoms with Crippen LogP contribution in [0.15, 0.2) is 12.2 Å². The summed E-state index contributed by atoms with van der Waals surface area (Å²) in [6.45, 7) is 4.00. The standard InChI is InChI=1S/C4H8.C3H9N/c1-3-4-2;1-4(2)3/h3-4H,1-2H3;1-3H3. The molecule has 0 saturated carbocycles. The maximum Gasteiger partial charge on any atom is -0.0140 e. The minimum Gasteiger partial charge on any atom is -0.312 e. The molecular formula is C7H17N. The van der Waals surface area contributed by atoms with E-state index in [0.717, 1.165) is 0 Å². The van der Waals surface area contributed by atoms with Crippen LogP contribution < -0.4 is 0 Å². The second-order valence-electron chi connectivity index (χ2n) is 2.01. The van der Waals surface area contributed by atoms with Gasteiger partial charge in [-0.15, -0.1) is 0 Å². The molecule has 0 amide bonds. The Balaban J connectivity index is 0. The molecule has 50 valence electrons. The fourth-order valence-electron chi connectivity index (χ4n) is 0. The van der Waals surface area contributed by atoms with E-state index in [1.54, 1.807) is 0 Å². The second kappa shape index (κ2) is 9.85. The minimum atomic E-state index is 2.00. The Morgan fingerprint density at radius 1 is 0.875 bits per heavy atom. The van der Waals surface area contributed by atoms with E-state index in [-0.39, 0.29) is 0 Å². The first-order valence-corrected chi connectivity index (χ1v) is 2.83. The number of nitrogens with zero attached hydrogens (tertiary/aromatic N) is 1. The van der Waals surface area contributed by atoms with Gasteiger partial charge in [-0.3, -0.25) is 0 Å². The van der Waals surface area contributed by atoms with Crippen LogP contribution in [-0.2, 0) is 0 Å². The summed E-state index contributed by atoms with van der Waals surface area (Å²) in [5.41, 5.74) is 0. The minimum absolute atomic E-state index is 2.00. The molecule has 0 atom stereocenters. The molecule has 0 aliphatic rings. The van der Waals surface area contributed by atoms with Crippen molar-refractivity contribution >= 4 is 0 Å². The van der Waals surface area contributed by atoms with Gasteiger partial charge in [-0.2, -0.15) is 0 Å². The molecule has 0 aliphatic carbocycles. The zero-order valence-electron chi connectivity index (χ0n) is 6.60. The van der Waals surface area contributed by atoms with E-state index < -0.39 is 0 Å². The van der Waals surface area contributed by atoms with Gasteiger partial charge in [0.25, 0.3) is 0 Å². The van der Waals surface area contributed by atoms with Crippen molar-refractivity contribution in [2.45, 2.75) is 13.8 Å². The SMILES string of the molecule is CC=CC.CN(C)C. The van der Waals surface area contributed by atoms with Gasteiger partial charge in [0.05, 0.1) is 0 Å². The van der Waals surface area contributed by atoms with Crippen LogP contribution in [0.2, 0.25) is 0 Å². The summed E-state index contributed by atoms with van der Waals surface area (Å²) in [7, 11) is 6.00. The highest BCUT2D eigenvalue weighted by Crippen LogP contribution is 1.57. The lowest BCUT2D eigenvalue weighted by molar-refractivity contribution is 0.505. The van der Waals surface area contributed by atoms with Crippen LogP contribution in [0.25, 0.3) is 0 Å². The zero-order chi connectivity index (χ0) is 6.99. The van der Waals surface area contributed by atoms with Crippen molar-refractivity contribution in [1.82, 2.24) is 4.90 Å². The molecule has 0 spiro atoms. The Bertz CT molecular complexity index is 39.6. The summed E-state index contributed by atoms with van der Waals surface area (Å²) in [6, 6.07) is 0. The predicted octanol–water partition coefficient (Wildman–Crippen LogP) is 1.76. The maximum atomic E-state index is 2.00. The molecule has 0 aromatic rings. The molecule has 0 N–H and O–H groups in total. The number of allylic oxidation sites excluding steroid dienone is 2. The highest BCUT2D eigenvalue weighted by molar-refractivity contribution is 4.68. The maximum absolute atomic E-state index is 2.00. The van der Waals surface area contributed by atoms with Crippen molar-refractivity contribution in [3.63, 3.8) is 0 Å². The Morgan fingerprint density at radius 3 is 1.00 bits per heavy atom. The van der Waals surface area contributed by atoms with Crippen molar-refractivity contribution in [2.24, 2.45) is 0 Å². The second-order valence-corrected chi connectivity index (χ2v) is 2.01. The van der Waals surface area contributed by atoms with Gasteiger partial charge >= 0.3 is 0 Å². The predicted molar refractivity (Wildman–Crippen MR) is 40.1 cm³/mol. The van der Waals surface area contributed by atoms with Crippen LogP contribution >= 0.6 is 0 Å². The topological polar surface area (TPSA) is 3.24 Å². The quantitative estimate of drug-likeness (QED) is 0.435. The Kier molecular flexibility index (Phi) is 13.1. The third-order valence-corrected chi connectivity index (χ3v) is 0.333. The normalized spacial score (nSPS) is 9.25. The molecule has 0 aromatic heterocycles. The molecule has 0 saturated heterocycles. The largest absolute Gasteiger partial charge is 0.312 e. The molecule has 0 bridgehead atoms. The van der Waals surface area contributed by atoms with Crippen LogP contribution in [0.3, 0.4) is 0 Å². The summed E-state index contributed by atoms with van der Waals surface area (Å²) < 4.78 is 0. The van der Waals surface area contributed by atoms with Crippen LogP contribution in [0.5, 0.6) is 0 Å². The fraction of sp³-hybridized carbons (Fsp3) is 0.714. The lowest BCUT2D eigenvalue weighted by Crippen LogP contribution is -1.99. The zero-order valence-corrected chi connectivity index (χ0v) is 6.60. The Hall–Kier alpha value is -0.300. The molecule has 0 aliphatic heterocycles. The average molecular weight is 115 g/mol. The first-order valence-electron chi connectivity index (χ1n) is 2.83. The molecular weight excluding hydrogens is 98.1 g/mol. The van der Waals surface area contributed by atoms with E-state index in [9.17, 15) is 0 Å². The van der Waals surface area contributed by atoms with Crippen molar-refractivity contribution in [1.29, 1.82) is 0 Å². The summed E-state index contributed by atoms with van der Waals surface area (Å²) in [6.07, 6.45) is 4.00. The van der Waals surface area contributed by atoms with E-state index in [1.165, 1.54) is 0 Å². The van der Waals surface area contributed by atoms with Crippen LogP contribution in [0.4, 0.5) is 0 Å². The Morgan fingerprint density at radius 2 is 1.00 bits per heavy atom. The summed E-state index contributed by atoms with van der Waals surface area (Å²) in [5.74, 6) is 0. The van der Waals surface area contributed by atoms with Crippen molar-refractivity contribution < 1.29 is 0 Å². The molecule has 0 fully saturated rings. The molecule has 0 heterocycles. The van der Waals surface area contributed by atoms with Gasteiger partial charge in [0.1, 0.15) is 0 Å². The van der Waals surface area contributed by atoms with Gasteiger partial charge in [0.15, 0.2) is 0 Å². The average Bonchev–Trinajstić information content (AvgIpc) is 1.65. The third-order valence-electron chi connectivity index (χ3n) is 0.333. The molecule has 0 radical (unpaired) electrons. The summed E-state index contributed by atoms with van der Waals surface area (Å²) in [4.78, 5) is 2.00.